The van der Waals surface area contributed by atoms with Crippen molar-refractivity contribution in [2.45, 2.75) is 25.1 Å². The molecule has 0 saturated carbocycles. The van der Waals surface area contributed by atoms with Crippen LogP contribution in [-0.2, 0) is 11.3 Å². The van der Waals surface area contributed by atoms with Gasteiger partial charge in [-0.2, -0.15) is 11.8 Å². The lowest BCUT2D eigenvalue weighted by molar-refractivity contribution is 0.199. The van der Waals surface area contributed by atoms with Crippen LogP contribution < -0.4 is 10.2 Å². The summed E-state index contributed by atoms with van der Waals surface area (Å²) in [5, 5.41) is 3.31. The summed E-state index contributed by atoms with van der Waals surface area (Å²) in [6, 6.07) is 5.11. The van der Waals surface area contributed by atoms with E-state index in [4.69, 9.17) is 4.74 Å². The molecule has 5 heteroatoms. The average molecular weight is 312 g/mol. The van der Waals surface area contributed by atoms with Crippen LogP contribution in [0.3, 0.4) is 0 Å². The van der Waals surface area contributed by atoms with E-state index >= 15 is 0 Å². The van der Waals surface area contributed by atoms with E-state index in [2.05, 4.69) is 24.1 Å². The van der Waals surface area contributed by atoms with Gasteiger partial charge in [0.05, 0.1) is 6.61 Å². The first kappa shape index (κ1) is 16.6. The second-order valence-corrected chi connectivity index (χ2v) is 7.77. The van der Waals surface area contributed by atoms with Crippen LogP contribution in [0.5, 0.6) is 0 Å². The van der Waals surface area contributed by atoms with Crippen molar-refractivity contribution in [3.63, 3.8) is 0 Å². The van der Waals surface area contributed by atoms with Crippen molar-refractivity contribution in [2.75, 3.05) is 44.0 Å². The molecule has 1 aliphatic rings. The summed E-state index contributed by atoms with van der Waals surface area (Å²) in [7, 11) is 1.68. The quantitative estimate of drug-likeness (QED) is 0.816. The highest BCUT2D eigenvalue weighted by atomic mass is 32.2. The number of hydrogen-bond acceptors (Lipinski definition) is 4. The van der Waals surface area contributed by atoms with E-state index in [0.29, 0.717) is 13.2 Å². The molecule has 0 spiro atoms. The van der Waals surface area contributed by atoms with Crippen molar-refractivity contribution in [2.24, 2.45) is 0 Å². The predicted molar refractivity (Wildman–Crippen MR) is 88.7 cm³/mol. The van der Waals surface area contributed by atoms with Crippen molar-refractivity contribution >= 4 is 17.4 Å². The number of rotatable bonds is 6. The monoisotopic (exact) mass is 312 g/mol. The average Bonchev–Trinajstić information content (AvgIpc) is 2.42. The van der Waals surface area contributed by atoms with Gasteiger partial charge in [-0.15, -0.1) is 0 Å². The van der Waals surface area contributed by atoms with Crippen LogP contribution in [0, 0.1) is 5.82 Å². The van der Waals surface area contributed by atoms with Gasteiger partial charge in [-0.25, -0.2) is 4.39 Å². The molecule has 0 bridgehead atoms. The summed E-state index contributed by atoms with van der Waals surface area (Å²) < 4.78 is 18.8. The minimum atomic E-state index is -0.173. The van der Waals surface area contributed by atoms with Crippen LogP contribution in [-0.4, -0.2) is 43.9 Å². The van der Waals surface area contributed by atoms with Gasteiger partial charge in [0.2, 0.25) is 0 Å². The highest BCUT2D eigenvalue weighted by molar-refractivity contribution is 8.00. The van der Waals surface area contributed by atoms with Crippen LogP contribution in [0.1, 0.15) is 19.4 Å². The van der Waals surface area contributed by atoms with Crippen molar-refractivity contribution in [1.29, 1.82) is 0 Å². The third-order valence-electron chi connectivity index (χ3n) is 3.61. The fourth-order valence-electron chi connectivity index (χ4n) is 2.62. The van der Waals surface area contributed by atoms with Crippen LogP contribution >= 0.6 is 11.8 Å². The fourth-order valence-corrected chi connectivity index (χ4v) is 3.73. The molecule has 1 aliphatic heterocycles. The smallest absolute Gasteiger partial charge is 0.123 e. The summed E-state index contributed by atoms with van der Waals surface area (Å²) in [6.07, 6.45) is 0. The summed E-state index contributed by atoms with van der Waals surface area (Å²) >= 11 is 2.00. The van der Waals surface area contributed by atoms with E-state index in [1.54, 1.807) is 19.2 Å². The number of hydrogen-bond donors (Lipinski definition) is 1. The van der Waals surface area contributed by atoms with Crippen LogP contribution in [0.15, 0.2) is 18.2 Å². The Kier molecular flexibility index (Phi) is 5.90. The maximum absolute atomic E-state index is 13.6. The van der Waals surface area contributed by atoms with Gasteiger partial charge in [0.1, 0.15) is 5.82 Å². The summed E-state index contributed by atoms with van der Waals surface area (Å²) in [5.41, 5.74) is 2.17. The molecule has 118 valence electrons. The van der Waals surface area contributed by atoms with Crippen LogP contribution in [0.2, 0.25) is 0 Å². The third kappa shape index (κ3) is 4.87. The fraction of sp³-hybridized carbons (Fsp3) is 0.625. The van der Waals surface area contributed by atoms with Gasteiger partial charge < -0.3 is 15.0 Å². The molecule has 0 unspecified atom stereocenters. The van der Waals surface area contributed by atoms with Gasteiger partial charge in [0.15, 0.2) is 0 Å². The number of ether oxygens (including phenoxy) is 1. The van der Waals surface area contributed by atoms with E-state index in [9.17, 15) is 4.39 Å². The molecule has 21 heavy (non-hydrogen) atoms. The first-order chi connectivity index (χ1) is 10.0. The Morgan fingerprint density at radius 3 is 2.95 bits per heavy atom. The SMILES string of the molecule is COCCNCc1cc(F)ccc1N1CCSC(C)(C)C1. The Balaban J connectivity index is 2.10. The lowest BCUT2D eigenvalue weighted by Gasteiger charge is -2.39. The van der Waals surface area contributed by atoms with Gasteiger partial charge >= 0.3 is 0 Å². The molecule has 1 aromatic carbocycles. The van der Waals surface area contributed by atoms with E-state index in [0.717, 1.165) is 36.6 Å². The highest BCUT2D eigenvalue weighted by Crippen LogP contribution is 2.33. The van der Waals surface area contributed by atoms with Gasteiger partial charge in [-0.05, 0) is 37.6 Å². The zero-order valence-electron chi connectivity index (χ0n) is 13.1. The summed E-state index contributed by atoms with van der Waals surface area (Å²) in [6.45, 7) is 8.65. The normalized spacial score (nSPS) is 18.0. The highest BCUT2D eigenvalue weighted by Gasteiger charge is 2.28. The molecule has 0 atom stereocenters. The lowest BCUT2D eigenvalue weighted by atomic mass is 10.1. The van der Waals surface area contributed by atoms with E-state index in [-0.39, 0.29) is 10.6 Å². The molecule has 1 heterocycles. The maximum atomic E-state index is 13.6. The molecule has 0 aromatic heterocycles. The van der Waals surface area contributed by atoms with E-state index < -0.39 is 0 Å². The number of benzene rings is 1. The summed E-state index contributed by atoms with van der Waals surface area (Å²) in [5.74, 6) is 0.939. The number of methoxy groups -OCH3 is 1. The molecular formula is C16H25FN2OS. The van der Waals surface area contributed by atoms with Gasteiger partial charge in [0.25, 0.3) is 0 Å². The largest absolute Gasteiger partial charge is 0.383 e. The standard InChI is InChI=1S/C16H25FN2OS/c1-16(2)12-19(7-9-21-16)15-5-4-14(17)10-13(15)11-18-6-8-20-3/h4-5,10,18H,6-9,11-12H2,1-3H3. The summed E-state index contributed by atoms with van der Waals surface area (Å²) in [4.78, 5) is 2.38. The zero-order valence-corrected chi connectivity index (χ0v) is 13.9. The van der Waals surface area contributed by atoms with Gasteiger partial charge in [-0.1, -0.05) is 0 Å². The second-order valence-electron chi connectivity index (χ2n) is 5.97. The molecule has 3 nitrogen and oxygen atoms in total. The number of halogens is 1. The minimum absolute atomic E-state index is 0.173. The zero-order chi connectivity index (χ0) is 15.3. The molecule has 1 aromatic rings. The van der Waals surface area contributed by atoms with Crippen LogP contribution in [0.25, 0.3) is 0 Å². The first-order valence-electron chi connectivity index (χ1n) is 7.39. The molecule has 2 rings (SSSR count). The topological polar surface area (TPSA) is 24.5 Å². The van der Waals surface area contributed by atoms with Crippen molar-refractivity contribution in [3.8, 4) is 0 Å². The molecule has 0 aliphatic carbocycles. The van der Waals surface area contributed by atoms with E-state index in [1.165, 1.54) is 0 Å². The number of anilines is 1. The second kappa shape index (κ2) is 7.47. The molecular weight excluding hydrogens is 287 g/mol. The Hall–Kier alpha value is -0.780. The number of nitrogens with one attached hydrogen (secondary N) is 1. The maximum Gasteiger partial charge on any atom is 0.123 e. The molecule has 0 radical (unpaired) electrons. The molecule has 0 amide bonds. The predicted octanol–water partition coefficient (Wildman–Crippen LogP) is 2.89. The molecule has 1 N–H and O–H groups in total. The van der Waals surface area contributed by atoms with Crippen molar-refractivity contribution in [3.05, 3.63) is 29.6 Å². The Bertz CT molecular complexity index is 468. The van der Waals surface area contributed by atoms with Crippen molar-refractivity contribution in [1.82, 2.24) is 5.32 Å². The lowest BCUT2D eigenvalue weighted by Crippen LogP contribution is -2.43. The Morgan fingerprint density at radius 2 is 2.24 bits per heavy atom. The molecule has 1 saturated heterocycles. The third-order valence-corrected chi connectivity index (χ3v) is 4.90. The number of thioether (sulfide) groups is 1. The van der Waals surface area contributed by atoms with Crippen molar-refractivity contribution < 1.29 is 9.13 Å². The first-order valence-corrected chi connectivity index (χ1v) is 8.37. The van der Waals surface area contributed by atoms with Gasteiger partial charge in [0, 0.05) is 49.5 Å². The Morgan fingerprint density at radius 1 is 1.43 bits per heavy atom. The molecule has 1 fully saturated rings. The number of nitrogens with zero attached hydrogens (tertiary/aromatic N) is 1. The van der Waals surface area contributed by atoms with Gasteiger partial charge in [-0.3, -0.25) is 0 Å². The van der Waals surface area contributed by atoms with Crippen LogP contribution in [0.4, 0.5) is 10.1 Å². The van der Waals surface area contributed by atoms with E-state index in [1.807, 2.05) is 17.8 Å². The minimum Gasteiger partial charge on any atom is -0.383 e. The Labute approximate surface area is 131 Å².